The molecule has 0 spiro atoms. The summed E-state index contributed by atoms with van der Waals surface area (Å²) in [6.07, 6.45) is 0. The van der Waals surface area contributed by atoms with Crippen LogP contribution >= 0.6 is 34.8 Å². The van der Waals surface area contributed by atoms with Crippen molar-refractivity contribution in [1.29, 1.82) is 0 Å². The maximum Gasteiger partial charge on any atom is 0.260 e. The highest BCUT2D eigenvalue weighted by molar-refractivity contribution is 6.31. The van der Waals surface area contributed by atoms with Crippen molar-refractivity contribution in [2.24, 2.45) is 0 Å². The Morgan fingerprint density at radius 3 is 1.85 bits per heavy atom. The molecule has 0 bridgehead atoms. The number of amides is 1. The lowest BCUT2D eigenvalue weighted by molar-refractivity contribution is 0.0978. The summed E-state index contributed by atoms with van der Waals surface area (Å²) >= 11 is 18.5. The zero-order valence-corrected chi connectivity index (χ0v) is 19.4. The molecule has 2 atom stereocenters. The van der Waals surface area contributed by atoms with Gasteiger partial charge < -0.3 is 0 Å². The van der Waals surface area contributed by atoms with Gasteiger partial charge in [0.15, 0.2) is 0 Å². The van der Waals surface area contributed by atoms with Crippen LogP contribution in [0.25, 0.3) is 0 Å². The Hall–Kier alpha value is -3.05. The predicted octanol–water partition coefficient (Wildman–Crippen LogP) is 6.80. The lowest BCUT2D eigenvalue weighted by Gasteiger charge is -2.28. The van der Waals surface area contributed by atoms with Crippen molar-refractivity contribution in [3.05, 3.63) is 133 Å². The minimum absolute atomic E-state index is 0.201. The largest absolute Gasteiger partial charge is 0.284 e. The molecule has 2 heterocycles. The van der Waals surface area contributed by atoms with Crippen molar-refractivity contribution < 1.29 is 4.79 Å². The van der Waals surface area contributed by atoms with Gasteiger partial charge in [-0.1, -0.05) is 71.2 Å². The number of aromatic nitrogens is 1. The van der Waals surface area contributed by atoms with Crippen LogP contribution in [0, 0.1) is 0 Å². The van der Waals surface area contributed by atoms with Crippen LogP contribution in [0.1, 0.15) is 33.6 Å². The SMILES string of the molecule is O=C(c1cccc(Cl)c1)N1c2cccc(=O)n2C(c2ccc(Cl)cc2)C1c1ccc(Cl)cc1. The minimum Gasteiger partial charge on any atom is -0.284 e. The smallest absolute Gasteiger partial charge is 0.260 e. The summed E-state index contributed by atoms with van der Waals surface area (Å²) in [4.78, 5) is 28.6. The first-order valence-electron chi connectivity index (χ1n) is 10.3. The molecule has 4 nitrogen and oxygen atoms in total. The molecule has 3 aromatic carbocycles. The molecule has 0 aliphatic carbocycles. The van der Waals surface area contributed by atoms with Crippen molar-refractivity contribution >= 4 is 46.5 Å². The van der Waals surface area contributed by atoms with E-state index in [0.717, 1.165) is 11.1 Å². The summed E-state index contributed by atoms with van der Waals surface area (Å²) in [7, 11) is 0. The second kappa shape index (κ2) is 8.71. The van der Waals surface area contributed by atoms with Gasteiger partial charge in [0.1, 0.15) is 5.82 Å². The highest BCUT2D eigenvalue weighted by atomic mass is 35.5. The Labute approximate surface area is 205 Å². The first-order valence-corrected chi connectivity index (χ1v) is 11.4. The number of anilines is 1. The van der Waals surface area contributed by atoms with E-state index in [1.54, 1.807) is 70.1 Å². The fraction of sp³-hybridized carbons (Fsp3) is 0.0769. The maximum absolute atomic E-state index is 13.9. The van der Waals surface area contributed by atoms with Crippen LogP contribution in [-0.2, 0) is 0 Å². The van der Waals surface area contributed by atoms with Crippen molar-refractivity contribution in [3.63, 3.8) is 0 Å². The first-order chi connectivity index (χ1) is 15.9. The Kier molecular flexibility index (Phi) is 5.75. The third-order valence-electron chi connectivity index (χ3n) is 5.78. The van der Waals surface area contributed by atoms with Crippen molar-refractivity contribution in [2.45, 2.75) is 12.1 Å². The zero-order chi connectivity index (χ0) is 23.1. The number of pyridine rings is 1. The Bertz CT molecular complexity index is 1400. The molecule has 0 radical (unpaired) electrons. The Morgan fingerprint density at radius 1 is 0.667 bits per heavy atom. The van der Waals surface area contributed by atoms with Crippen LogP contribution in [0.4, 0.5) is 5.82 Å². The second-order valence-corrected chi connectivity index (χ2v) is 9.08. The van der Waals surface area contributed by atoms with Crippen molar-refractivity contribution in [3.8, 4) is 0 Å². The maximum atomic E-state index is 13.9. The van der Waals surface area contributed by atoms with Gasteiger partial charge in [-0.3, -0.25) is 19.1 Å². The molecule has 4 aromatic rings. The van der Waals surface area contributed by atoms with Gasteiger partial charge in [-0.15, -0.1) is 0 Å². The van der Waals surface area contributed by atoms with Gasteiger partial charge >= 0.3 is 0 Å². The molecular weight excluding hydrogens is 479 g/mol. The van der Waals surface area contributed by atoms with E-state index in [4.69, 9.17) is 34.8 Å². The van der Waals surface area contributed by atoms with E-state index in [9.17, 15) is 9.59 Å². The van der Waals surface area contributed by atoms with Gasteiger partial charge in [0.05, 0.1) is 12.1 Å². The molecule has 2 unspecified atom stereocenters. The van der Waals surface area contributed by atoms with Crippen LogP contribution < -0.4 is 10.5 Å². The van der Waals surface area contributed by atoms with E-state index in [1.807, 2.05) is 24.3 Å². The Morgan fingerprint density at radius 2 is 1.24 bits per heavy atom. The Balaban J connectivity index is 1.76. The number of carbonyl (C=O) groups excluding carboxylic acids is 1. The number of carbonyl (C=O) groups is 1. The third kappa shape index (κ3) is 3.95. The minimum atomic E-state index is -0.495. The van der Waals surface area contributed by atoms with Crippen LogP contribution in [0.5, 0.6) is 0 Å². The molecule has 0 saturated carbocycles. The van der Waals surface area contributed by atoms with Gasteiger partial charge in [-0.25, -0.2) is 0 Å². The average Bonchev–Trinajstić information content (AvgIpc) is 3.16. The number of benzene rings is 3. The van der Waals surface area contributed by atoms with E-state index >= 15 is 0 Å². The van der Waals surface area contributed by atoms with Crippen LogP contribution in [0.3, 0.4) is 0 Å². The van der Waals surface area contributed by atoms with Crippen molar-refractivity contribution in [2.75, 3.05) is 4.90 Å². The molecule has 0 N–H and O–H groups in total. The summed E-state index contributed by atoms with van der Waals surface area (Å²) in [6.45, 7) is 0. The van der Waals surface area contributed by atoms with Gasteiger partial charge in [0.25, 0.3) is 11.5 Å². The third-order valence-corrected chi connectivity index (χ3v) is 6.52. The molecule has 0 saturated heterocycles. The number of hydrogen-bond acceptors (Lipinski definition) is 2. The van der Waals surface area contributed by atoms with Gasteiger partial charge in [-0.05, 0) is 59.7 Å². The molecule has 33 heavy (non-hydrogen) atoms. The summed E-state index contributed by atoms with van der Waals surface area (Å²) in [5.74, 6) is 0.251. The molecule has 164 valence electrons. The number of rotatable bonds is 3. The number of halogens is 3. The summed E-state index contributed by atoms with van der Waals surface area (Å²) < 4.78 is 1.66. The molecule has 1 aliphatic rings. The van der Waals surface area contributed by atoms with E-state index in [1.165, 1.54) is 6.07 Å². The summed E-state index contributed by atoms with van der Waals surface area (Å²) in [5, 5.41) is 1.64. The van der Waals surface area contributed by atoms with Crippen LogP contribution in [0.2, 0.25) is 15.1 Å². The number of hydrogen-bond donors (Lipinski definition) is 0. The second-order valence-electron chi connectivity index (χ2n) is 7.77. The fourth-order valence-corrected chi connectivity index (χ4v) is 4.81. The molecular formula is C26H17Cl3N2O2. The van der Waals surface area contributed by atoms with E-state index in [2.05, 4.69) is 0 Å². The van der Waals surface area contributed by atoms with E-state index in [0.29, 0.717) is 26.4 Å². The molecule has 1 aliphatic heterocycles. The number of nitrogens with zero attached hydrogens (tertiary/aromatic N) is 2. The normalized spacial score (nSPS) is 17.1. The molecule has 7 heteroatoms. The first kappa shape index (κ1) is 21.8. The van der Waals surface area contributed by atoms with E-state index < -0.39 is 12.1 Å². The van der Waals surface area contributed by atoms with Crippen molar-refractivity contribution in [1.82, 2.24) is 4.57 Å². The lowest BCUT2D eigenvalue weighted by atomic mass is 9.93. The average molecular weight is 496 g/mol. The summed E-state index contributed by atoms with van der Waals surface area (Å²) in [6, 6.07) is 25.4. The topological polar surface area (TPSA) is 42.3 Å². The highest BCUT2D eigenvalue weighted by Crippen LogP contribution is 2.47. The standard InChI is InChI=1S/C26H17Cl3N2O2/c27-19-11-7-16(8-12-19)24-25(17-9-13-20(28)14-10-17)31(22-5-2-6-23(32)30(22)24)26(33)18-3-1-4-21(29)15-18/h1-15,24-25H. The molecule has 5 rings (SSSR count). The highest BCUT2D eigenvalue weighted by Gasteiger charge is 2.44. The fourth-order valence-electron chi connectivity index (χ4n) is 4.36. The van der Waals surface area contributed by atoms with Gasteiger partial charge in [0, 0.05) is 26.7 Å². The van der Waals surface area contributed by atoms with E-state index in [-0.39, 0.29) is 11.5 Å². The predicted molar refractivity (Wildman–Crippen MR) is 133 cm³/mol. The molecule has 1 aromatic heterocycles. The van der Waals surface area contributed by atoms with Gasteiger partial charge in [0.2, 0.25) is 0 Å². The van der Waals surface area contributed by atoms with Gasteiger partial charge in [-0.2, -0.15) is 0 Å². The monoisotopic (exact) mass is 494 g/mol. The zero-order valence-electron chi connectivity index (χ0n) is 17.2. The molecule has 0 fully saturated rings. The quantitative estimate of drug-likeness (QED) is 0.314. The molecule has 1 amide bonds. The summed E-state index contributed by atoms with van der Waals surface area (Å²) in [5.41, 5.74) is 1.93. The lowest BCUT2D eigenvalue weighted by Crippen LogP contribution is -2.33. The van der Waals surface area contributed by atoms with Crippen LogP contribution in [0.15, 0.2) is 95.8 Å². The van der Waals surface area contributed by atoms with Crippen LogP contribution in [-0.4, -0.2) is 10.5 Å². The number of fused-ring (bicyclic) bond motifs is 1.